The smallest absolute Gasteiger partial charge is 0.306 e. The Balaban J connectivity index is 1.77. The molecule has 35 heavy (non-hydrogen) atoms. The number of amides is 2. The van der Waals surface area contributed by atoms with Crippen LogP contribution in [0.25, 0.3) is 0 Å². The van der Waals surface area contributed by atoms with Crippen molar-refractivity contribution in [3.63, 3.8) is 0 Å². The van der Waals surface area contributed by atoms with E-state index in [0.29, 0.717) is 25.2 Å². The maximum atomic E-state index is 13.0. The van der Waals surface area contributed by atoms with Gasteiger partial charge in [-0.1, -0.05) is 85.0 Å². The fourth-order valence-electron chi connectivity index (χ4n) is 5.87. The standard InChI is InChI=1S/C29H49NO5/c1-4-5-6-7-8-9-10-11-12-13-14-15-28(33)35-25(18-23-19-26(31)30-27(32)20-23)24-17-21(2)16-22(3)29(24)34/h21-25H,4-20H2,1-3H3,(H,30,31,32)/t21-,22-,24-,25+/m0/s1. The zero-order chi connectivity index (χ0) is 25.6. The Kier molecular flexibility index (Phi) is 13.6. The van der Waals surface area contributed by atoms with E-state index in [1.807, 2.05) is 6.92 Å². The van der Waals surface area contributed by atoms with Crippen LogP contribution < -0.4 is 5.32 Å². The molecule has 2 amide bonds. The largest absolute Gasteiger partial charge is 0.462 e. The van der Waals surface area contributed by atoms with Crippen LogP contribution in [0.2, 0.25) is 0 Å². The molecule has 1 aliphatic carbocycles. The van der Waals surface area contributed by atoms with Crippen molar-refractivity contribution in [2.24, 2.45) is 23.7 Å². The first-order chi connectivity index (χ1) is 16.8. The predicted octanol–water partition coefficient (Wildman–Crippen LogP) is 6.29. The van der Waals surface area contributed by atoms with Gasteiger partial charge in [0.2, 0.25) is 11.8 Å². The van der Waals surface area contributed by atoms with E-state index in [2.05, 4.69) is 19.2 Å². The van der Waals surface area contributed by atoms with Gasteiger partial charge in [0.25, 0.3) is 0 Å². The summed E-state index contributed by atoms with van der Waals surface area (Å²) in [6.45, 7) is 6.33. The quantitative estimate of drug-likeness (QED) is 0.156. The molecule has 2 fully saturated rings. The molecule has 6 heteroatoms. The molecule has 0 aromatic rings. The van der Waals surface area contributed by atoms with Crippen LogP contribution in [0.5, 0.6) is 0 Å². The minimum atomic E-state index is -0.545. The molecule has 2 rings (SSSR count). The third-order valence-electron chi connectivity index (χ3n) is 7.77. The highest BCUT2D eigenvalue weighted by Gasteiger charge is 2.40. The summed E-state index contributed by atoms with van der Waals surface area (Å²) in [5.41, 5.74) is 0. The lowest BCUT2D eigenvalue weighted by molar-refractivity contribution is -0.157. The van der Waals surface area contributed by atoms with E-state index in [9.17, 15) is 19.2 Å². The van der Waals surface area contributed by atoms with Gasteiger partial charge in [-0.2, -0.15) is 0 Å². The van der Waals surface area contributed by atoms with E-state index in [0.717, 1.165) is 25.7 Å². The third kappa shape index (κ3) is 11.3. The fourth-order valence-corrected chi connectivity index (χ4v) is 5.87. The molecule has 0 aromatic heterocycles. The van der Waals surface area contributed by atoms with E-state index < -0.39 is 6.10 Å². The van der Waals surface area contributed by atoms with Crippen LogP contribution in [-0.4, -0.2) is 29.7 Å². The summed E-state index contributed by atoms with van der Waals surface area (Å²) in [5, 5.41) is 2.34. The molecule has 6 nitrogen and oxygen atoms in total. The summed E-state index contributed by atoms with van der Waals surface area (Å²) in [6, 6.07) is 0. The highest BCUT2D eigenvalue weighted by molar-refractivity contribution is 5.97. The molecule has 0 bridgehead atoms. The fraction of sp³-hybridized carbons (Fsp3) is 0.862. The number of rotatable bonds is 16. The maximum Gasteiger partial charge on any atom is 0.306 e. The Morgan fingerprint density at radius 1 is 0.857 bits per heavy atom. The molecule has 200 valence electrons. The second-order valence-electron chi connectivity index (χ2n) is 11.3. The number of Topliss-reactive ketones (excluding diaryl/α,β-unsaturated/α-hetero) is 1. The minimum Gasteiger partial charge on any atom is -0.462 e. The van der Waals surface area contributed by atoms with Crippen LogP contribution in [0.15, 0.2) is 0 Å². The van der Waals surface area contributed by atoms with Crippen molar-refractivity contribution in [3.05, 3.63) is 0 Å². The number of unbranched alkanes of at least 4 members (excludes halogenated alkanes) is 10. The number of piperidine rings is 1. The number of carbonyl (C=O) groups is 4. The lowest BCUT2D eigenvalue weighted by Gasteiger charge is -2.36. The molecule has 1 aliphatic heterocycles. The van der Waals surface area contributed by atoms with Crippen molar-refractivity contribution in [3.8, 4) is 0 Å². The summed E-state index contributed by atoms with van der Waals surface area (Å²) < 4.78 is 5.92. The molecule has 0 radical (unpaired) electrons. The van der Waals surface area contributed by atoms with Crippen LogP contribution in [0.4, 0.5) is 0 Å². The van der Waals surface area contributed by atoms with E-state index in [1.54, 1.807) is 0 Å². The van der Waals surface area contributed by atoms with Crippen LogP contribution >= 0.6 is 0 Å². The molecule has 1 saturated carbocycles. The zero-order valence-corrected chi connectivity index (χ0v) is 22.4. The van der Waals surface area contributed by atoms with Gasteiger partial charge in [0.15, 0.2) is 0 Å². The molecule has 0 aromatic carbocycles. The molecule has 1 heterocycles. The van der Waals surface area contributed by atoms with Crippen molar-refractivity contribution in [1.29, 1.82) is 0 Å². The van der Waals surface area contributed by atoms with Gasteiger partial charge in [0.1, 0.15) is 11.9 Å². The lowest BCUT2D eigenvalue weighted by Crippen LogP contribution is -2.44. The summed E-state index contributed by atoms with van der Waals surface area (Å²) in [6.07, 6.45) is 15.7. The van der Waals surface area contributed by atoms with Crippen LogP contribution in [-0.2, 0) is 23.9 Å². The highest BCUT2D eigenvalue weighted by atomic mass is 16.5. The Morgan fingerprint density at radius 3 is 1.97 bits per heavy atom. The number of hydrogen-bond acceptors (Lipinski definition) is 5. The highest BCUT2D eigenvalue weighted by Crippen LogP contribution is 2.36. The van der Waals surface area contributed by atoms with Gasteiger partial charge in [0, 0.05) is 25.2 Å². The Hall–Kier alpha value is -1.72. The van der Waals surface area contributed by atoms with Gasteiger partial charge in [0.05, 0.1) is 5.92 Å². The van der Waals surface area contributed by atoms with E-state index >= 15 is 0 Å². The van der Waals surface area contributed by atoms with Crippen LogP contribution in [0.3, 0.4) is 0 Å². The van der Waals surface area contributed by atoms with Crippen molar-refractivity contribution >= 4 is 23.6 Å². The molecule has 1 N–H and O–H groups in total. The zero-order valence-electron chi connectivity index (χ0n) is 22.4. The average molecular weight is 492 g/mol. The number of ether oxygens (including phenoxy) is 1. The second kappa shape index (κ2) is 16.1. The average Bonchev–Trinajstić information content (AvgIpc) is 2.78. The van der Waals surface area contributed by atoms with E-state index in [-0.39, 0.29) is 54.2 Å². The number of imide groups is 1. The number of ketones is 1. The monoisotopic (exact) mass is 491 g/mol. The summed E-state index contributed by atoms with van der Waals surface area (Å²) in [5.74, 6) is -0.849. The SMILES string of the molecule is CCCCCCCCCCCCCC(=O)O[C@H](CC1CC(=O)NC(=O)C1)[C@@H]1C[C@@H](C)C[C@H](C)C1=O. The number of nitrogens with one attached hydrogen (secondary N) is 1. The molecule has 1 saturated heterocycles. The molecular weight excluding hydrogens is 442 g/mol. The van der Waals surface area contributed by atoms with Crippen molar-refractivity contribution in [2.45, 2.75) is 136 Å². The van der Waals surface area contributed by atoms with Gasteiger partial charge in [-0.3, -0.25) is 24.5 Å². The summed E-state index contributed by atoms with van der Waals surface area (Å²) in [7, 11) is 0. The first kappa shape index (κ1) is 29.5. The van der Waals surface area contributed by atoms with Crippen molar-refractivity contribution < 1.29 is 23.9 Å². The molecule has 0 spiro atoms. The van der Waals surface area contributed by atoms with Gasteiger partial charge < -0.3 is 4.74 Å². The molecule has 4 atom stereocenters. The van der Waals surface area contributed by atoms with Gasteiger partial charge >= 0.3 is 5.97 Å². The van der Waals surface area contributed by atoms with Gasteiger partial charge in [-0.15, -0.1) is 0 Å². The second-order valence-corrected chi connectivity index (χ2v) is 11.3. The summed E-state index contributed by atoms with van der Waals surface area (Å²) in [4.78, 5) is 49.4. The Bertz CT molecular complexity index is 675. The first-order valence-electron chi connectivity index (χ1n) is 14.4. The van der Waals surface area contributed by atoms with E-state index in [1.165, 1.54) is 51.4 Å². The van der Waals surface area contributed by atoms with Gasteiger partial charge in [-0.05, 0) is 37.5 Å². The molecule has 0 unspecified atom stereocenters. The first-order valence-corrected chi connectivity index (χ1v) is 14.4. The van der Waals surface area contributed by atoms with Crippen LogP contribution in [0, 0.1) is 23.7 Å². The topological polar surface area (TPSA) is 89.5 Å². The summed E-state index contributed by atoms with van der Waals surface area (Å²) >= 11 is 0. The van der Waals surface area contributed by atoms with Crippen molar-refractivity contribution in [1.82, 2.24) is 5.32 Å². The third-order valence-corrected chi connectivity index (χ3v) is 7.77. The Labute approximate surface area is 212 Å². The minimum absolute atomic E-state index is 0.0483. The van der Waals surface area contributed by atoms with Crippen LogP contribution in [0.1, 0.15) is 130 Å². The lowest BCUT2D eigenvalue weighted by atomic mass is 9.71. The van der Waals surface area contributed by atoms with Gasteiger partial charge in [-0.25, -0.2) is 0 Å². The Morgan fingerprint density at radius 2 is 1.40 bits per heavy atom. The van der Waals surface area contributed by atoms with Crippen molar-refractivity contribution in [2.75, 3.05) is 0 Å². The normalized spacial score (nSPS) is 24.3. The molecule has 2 aliphatic rings. The molecular formula is C29H49NO5. The number of hydrogen-bond donors (Lipinski definition) is 1. The predicted molar refractivity (Wildman–Crippen MR) is 138 cm³/mol. The maximum absolute atomic E-state index is 13.0. The van der Waals surface area contributed by atoms with E-state index in [4.69, 9.17) is 4.74 Å². The number of esters is 1. The number of carbonyl (C=O) groups excluding carboxylic acids is 4.